The normalized spacial score (nSPS) is 12.5. The molecule has 0 spiro atoms. The lowest BCUT2D eigenvalue weighted by Gasteiger charge is -2.17. The predicted molar refractivity (Wildman–Crippen MR) is 71.3 cm³/mol. The maximum Gasteiger partial charge on any atom is 0.328 e. The van der Waals surface area contributed by atoms with Crippen LogP contribution in [-0.2, 0) is 19.1 Å². The second-order valence-electron chi connectivity index (χ2n) is 5.42. The van der Waals surface area contributed by atoms with Gasteiger partial charge in [0.15, 0.2) is 0 Å². The first-order valence-electron chi connectivity index (χ1n) is 6.34. The molecule has 110 valence electrons. The Kier molecular flexibility index (Phi) is 7.11. The SMILES string of the molecule is COC(=O)C(C)NC(=O)CCCNC(=O)C(C)(C)C. The molecule has 1 atom stereocenters. The van der Waals surface area contributed by atoms with Crippen LogP contribution in [0, 0.1) is 5.41 Å². The smallest absolute Gasteiger partial charge is 0.328 e. The third-order valence-electron chi connectivity index (χ3n) is 2.48. The third-order valence-corrected chi connectivity index (χ3v) is 2.48. The van der Waals surface area contributed by atoms with Gasteiger partial charge in [-0.2, -0.15) is 0 Å². The van der Waals surface area contributed by atoms with Crippen molar-refractivity contribution < 1.29 is 19.1 Å². The van der Waals surface area contributed by atoms with E-state index in [1.54, 1.807) is 6.92 Å². The van der Waals surface area contributed by atoms with E-state index in [2.05, 4.69) is 15.4 Å². The van der Waals surface area contributed by atoms with Gasteiger partial charge in [-0.25, -0.2) is 4.79 Å². The van der Waals surface area contributed by atoms with Crippen molar-refractivity contribution in [1.29, 1.82) is 0 Å². The van der Waals surface area contributed by atoms with E-state index in [1.165, 1.54) is 7.11 Å². The molecule has 6 nitrogen and oxygen atoms in total. The first-order valence-corrected chi connectivity index (χ1v) is 6.34. The molecule has 0 aliphatic heterocycles. The average molecular weight is 272 g/mol. The van der Waals surface area contributed by atoms with Crippen LogP contribution in [0.1, 0.15) is 40.5 Å². The summed E-state index contributed by atoms with van der Waals surface area (Å²) in [7, 11) is 1.27. The summed E-state index contributed by atoms with van der Waals surface area (Å²) >= 11 is 0. The van der Waals surface area contributed by atoms with E-state index in [0.29, 0.717) is 13.0 Å². The molecule has 0 aliphatic carbocycles. The first-order chi connectivity index (χ1) is 8.68. The Morgan fingerprint density at radius 1 is 1.21 bits per heavy atom. The number of hydrogen-bond donors (Lipinski definition) is 2. The molecule has 0 saturated carbocycles. The number of amides is 2. The van der Waals surface area contributed by atoms with Crippen LogP contribution in [0.15, 0.2) is 0 Å². The topological polar surface area (TPSA) is 84.5 Å². The fourth-order valence-corrected chi connectivity index (χ4v) is 1.27. The summed E-state index contributed by atoms with van der Waals surface area (Å²) in [5.41, 5.74) is -0.429. The number of methoxy groups -OCH3 is 1. The number of nitrogens with one attached hydrogen (secondary N) is 2. The van der Waals surface area contributed by atoms with Crippen molar-refractivity contribution in [2.45, 2.75) is 46.6 Å². The molecule has 0 saturated heterocycles. The lowest BCUT2D eigenvalue weighted by molar-refractivity contribution is -0.144. The van der Waals surface area contributed by atoms with Gasteiger partial charge in [0.1, 0.15) is 6.04 Å². The summed E-state index contributed by atoms with van der Waals surface area (Å²) < 4.78 is 4.50. The highest BCUT2D eigenvalue weighted by Gasteiger charge is 2.20. The Morgan fingerprint density at radius 3 is 2.26 bits per heavy atom. The molecule has 0 aromatic heterocycles. The minimum atomic E-state index is -0.651. The highest BCUT2D eigenvalue weighted by Crippen LogP contribution is 2.12. The predicted octanol–water partition coefficient (Wildman–Crippen LogP) is 0.607. The molecule has 6 heteroatoms. The second kappa shape index (κ2) is 7.76. The molecule has 0 rings (SSSR count). The molecule has 1 unspecified atom stereocenters. The fourth-order valence-electron chi connectivity index (χ4n) is 1.27. The minimum Gasteiger partial charge on any atom is -0.467 e. The molecular weight excluding hydrogens is 248 g/mol. The number of hydrogen-bond acceptors (Lipinski definition) is 4. The van der Waals surface area contributed by atoms with Crippen LogP contribution in [0.3, 0.4) is 0 Å². The summed E-state index contributed by atoms with van der Waals surface area (Å²) in [5, 5.41) is 5.28. The van der Waals surface area contributed by atoms with Crippen molar-refractivity contribution in [3.05, 3.63) is 0 Å². The quantitative estimate of drug-likeness (QED) is 0.548. The zero-order chi connectivity index (χ0) is 15.1. The monoisotopic (exact) mass is 272 g/mol. The molecule has 19 heavy (non-hydrogen) atoms. The van der Waals surface area contributed by atoms with Gasteiger partial charge in [0.2, 0.25) is 11.8 Å². The van der Waals surface area contributed by atoms with Crippen molar-refractivity contribution in [3.8, 4) is 0 Å². The van der Waals surface area contributed by atoms with Gasteiger partial charge < -0.3 is 15.4 Å². The Hall–Kier alpha value is -1.59. The van der Waals surface area contributed by atoms with E-state index in [9.17, 15) is 14.4 Å². The summed E-state index contributed by atoms with van der Waals surface area (Å²) in [6.07, 6.45) is 0.785. The molecule has 2 N–H and O–H groups in total. The van der Waals surface area contributed by atoms with Gasteiger partial charge in [0.05, 0.1) is 7.11 Å². The molecule has 0 aromatic carbocycles. The van der Waals surface area contributed by atoms with Crippen molar-refractivity contribution in [3.63, 3.8) is 0 Å². The molecule has 0 aliphatic rings. The fraction of sp³-hybridized carbons (Fsp3) is 0.769. The van der Waals surface area contributed by atoms with E-state index in [1.807, 2.05) is 20.8 Å². The van der Waals surface area contributed by atoms with Crippen molar-refractivity contribution in [1.82, 2.24) is 10.6 Å². The highest BCUT2D eigenvalue weighted by atomic mass is 16.5. The Bertz CT molecular complexity index is 334. The van der Waals surface area contributed by atoms with Crippen LogP contribution in [0.25, 0.3) is 0 Å². The van der Waals surface area contributed by atoms with E-state index < -0.39 is 17.4 Å². The number of esters is 1. The summed E-state index contributed by atoms with van der Waals surface area (Å²) in [6, 6.07) is -0.651. The average Bonchev–Trinajstić information content (AvgIpc) is 2.31. The summed E-state index contributed by atoms with van der Waals surface area (Å²) in [4.78, 5) is 34.1. The largest absolute Gasteiger partial charge is 0.467 e. The Balaban J connectivity index is 3.82. The molecule has 0 heterocycles. The van der Waals surface area contributed by atoms with E-state index in [4.69, 9.17) is 0 Å². The van der Waals surface area contributed by atoms with E-state index >= 15 is 0 Å². The first kappa shape index (κ1) is 17.4. The van der Waals surface area contributed by atoms with Gasteiger partial charge in [0, 0.05) is 18.4 Å². The molecule has 0 aromatic rings. The highest BCUT2D eigenvalue weighted by molar-refractivity contribution is 5.84. The number of carbonyl (C=O) groups excluding carboxylic acids is 3. The Labute approximate surface area is 114 Å². The molecule has 2 amide bonds. The van der Waals surface area contributed by atoms with Crippen LogP contribution in [0.5, 0.6) is 0 Å². The lowest BCUT2D eigenvalue weighted by atomic mass is 9.96. The second-order valence-corrected chi connectivity index (χ2v) is 5.42. The van der Waals surface area contributed by atoms with E-state index in [0.717, 1.165) is 0 Å². The number of ether oxygens (including phenoxy) is 1. The van der Waals surface area contributed by atoms with Gasteiger partial charge >= 0.3 is 5.97 Å². The summed E-state index contributed by atoms with van der Waals surface area (Å²) in [5.74, 6) is -0.756. The lowest BCUT2D eigenvalue weighted by Crippen LogP contribution is -2.39. The van der Waals surface area contributed by atoms with Gasteiger partial charge in [0.25, 0.3) is 0 Å². The van der Waals surface area contributed by atoms with Crippen LogP contribution in [0.4, 0.5) is 0 Å². The number of rotatable bonds is 6. The van der Waals surface area contributed by atoms with Gasteiger partial charge in [-0.3, -0.25) is 9.59 Å². The van der Waals surface area contributed by atoms with Gasteiger partial charge in [-0.05, 0) is 13.3 Å². The molecule has 0 radical (unpaired) electrons. The number of carbonyl (C=O) groups is 3. The maximum absolute atomic E-state index is 11.5. The van der Waals surface area contributed by atoms with Crippen LogP contribution >= 0.6 is 0 Å². The van der Waals surface area contributed by atoms with Gasteiger partial charge in [-0.1, -0.05) is 20.8 Å². The van der Waals surface area contributed by atoms with Crippen molar-refractivity contribution in [2.24, 2.45) is 5.41 Å². The molecule has 0 bridgehead atoms. The minimum absolute atomic E-state index is 0.0455. The Morgan fingerprint density at radius 2 is 1.79 bits per heavy atom. The van der Waals surface area contributed by atoms with E-state index in [-0.39, 0.29) is 18.2 Å². The van der Waals surface area contributed by atoms with Crippen LogP contribution < -0.4 is 10.6 Å². The molecular formula is C13H24N2O4. The zero-order valence-electron chi connectivity index (χ0n) is 12.3. The van der Waals surface area contributed by atoms with Gasteiger partial charge in [-0.15, -0.1) is 0 Å². The summed E-state index contributed by atoms with van der Waals surface area (Å²) in [6.45, 7) is 7.48. The van der Waals surface area contributed by atoms with Crippen LogP contribution in [0.2, 0.25) is 0 Å². The zero-order valence-corrected chi connectivity index (χ0v) is 12.3. The maximum atomic E-state index is 11.5. The third kappa shape index (κ3) is 7.43. The van der Waals surface area contributed by atoms with Crippen molar-refractivity contribution in [2.75, 3.05) is 13.7 Å². The van der Waals surface area contributed by atoms with Crippen molar-refractivity contribution >= 4 is 17.8 Å². The molecule has 0 fully saturated rings. The standard InChI is InChI=1S/C13H24N2O4/c1-9(11(17)19-5)15-10(16)7-6-8-14-12(18)13(2,3)4/h9H,6-8H2,1-5H3,(H,14,18)(H,15,16). The van der Waals surface area contributed by atoms with Crippen LogP contribution in [-0.4, -0.2) is 37.5 Å².